The van der Waals surface area contributed by atoms with Gasteiger partial charge < -0.3 is 14.8 Å². The summed E-state index contributed by atoms with van der Waals surface area (Å²) in [6.45, 7) is -1.56. The van der Waals surface area contributed by atoms with Gasteiger partial charge in [0.05, 0.1) is 6.42 Å². The van der Waals surface area contributed by atoms with Gasteiger partial charge in [-0.15, -0.1) is 0 Å². The van der Waals surface area contributed by atoms with Gasteiger partial charge in [0.2, 0.25) is 0 Å². The van der Waals surface area contributed by atoms with Gasteiger partial charge in [-0.05, 0) is 37.5 Å². The van der Waals surface area contributed by atoms with Gasteiger partial charge in [-0.25, -0.2) is 4.79 Å². The lowest BCUT2D eigenvalue weighted by molar-refractivity contribution is -0.153. The number of rotatable bonds is 7. The number of nitrogens with one attached hydrogen (secondary N) is 2. The molecule has 0 bridgehead atoms. The number of ether oxygens (including phenoxy) is 2. The number of hydrogen-bond donors (Lipinski definition) is 2. The molecule has 28 heavy (non-hydrogen) atoms. The van der Waals surface area contributed by atoms with Crippen molar-refractivity contribution in [3.63, 3.8) is 0 Å². The Morgan fingerprint density at radius 2 is 1.75 bits per heavy atom. The number of amides is 3. The van der Waals surface area contributed by atoms with Crippen molar-refractivity contribution in [1.82, 2.24) is 10.6 Å². The van der Waals surface area contributed by atoms with Gasteiger partial charge >= 0.3 is 18.6 Å². The smallest absolute Gasteiger partial charge is 0.387 e. The third-order valence-electron chi connectivity index (χ3n) is 4.35. The molecule has 1 saturated carbocycles. The van der Waals surface area contributed by atoms with Crippen molar-refractivity contribution in [2.75, 3.05) is 0 Å². The van der Waals surface area contributed by atoms with Crippen LogP contribution in [0.3, 0.4) is 0 Å². The molecule has 154 valence electrons. The number of esters is 1. The molecule has 0 spiro atoms. The van der Waals surface area contributed by atoms with Crippen molar-refractivity contribution in [1.29, 1.82) is 0 Å². The van der Waals surface area contributed by atoms with Crippen molar-refractivity contribution in [2.45, 2.75) is 64.2 Å². The Balaban J connectivity index is 1.74. The molecule has 1 aromatic carbocycles. The Morgan fingerprint density at radius 3 is 2.36 bits per heavy atom. The summed E-state index contributed by atoms with van der Waals surface area (Å²) in [7, 11) is 0. The molecule has 1 aromatic rings. The van der Waals surface area contributed by atoms with E-state index >= 15 is 0 Å². The Kier molecular flexibility index (Phi) is 8.16. The van der Waals surface area contributed by atoms with Crippen LogP contribution in [0.4, 0.5) is 13.6 Å². The maximum atomic E-state index is 12.1. The molecule has 2 N–H and O–H groups in total. The second-order valence-corrected chi connectivity index (χ2v) is 6.63. The van der Waals surface area contributed by atoms with Gasteiger partial charge in [-0.3, -0.25) is 14.9 Å². The highest BCUT2D eigenvalue weighted by atomic mass is 19.3. The van der Waals surface area contributed by atoms with E-state index in [0.29, 0.717) is 5.56 Å². The molecule has 0 aliphatic heterocycles. The number of alkyl halides is 2. The maximum absolute atomic E-state index is 12.1. The first-order chi connectivity index (χ1) is 13.3. The highest BCUT2D eigenvalue weighted by Gasteiger charge is 2.22. The minimum Gasteiger partial charge on any atom is -0.452 e. The lowest BCUT2D eigenvalue weighted by Gasteiger charge is -2.23. The summed E-state index contributed by atoms with van der Waals surface area (Å²) in [5.74, 6) is -1.43. The number of hydrogen-bond acceptors (Lipinski definition) is 5. The lowest BCUT2D eigenvalue weighted by Crippen LogP contribution is -2.48. The normalized spacial score (nSPS) is 15.6. The average Bonchev–Trinajstić information content (AvgIpc) is 2.63. The van der Waals surface area contributed by atoms with Gasteiger partial charge in [0.15, 0.2) is 6.10 Å². The van der Waals surface area contributed by atoms with Crippen LogP contribution in [0.5, 0.6) is 5.75 Å². The molecule has 2 rings (SSSR count). The Bertz CT molecular complexity index is 675. The molecule has 0 heterocycles. The molecule has 1 atom stereocenters. The summed E-state index contributed by atoms with van der Waals surface area (Å²) < 4.78 is 33.5. The molecule has 9 heteroatoms. The predicted octanol–water partition coefficient (Wildman–Crippen LogP) is 2.92. The minimum atomic E-state index is -2.93. The Morgan fingerprint density at radius 1 is 1.11 bits per heavy atom. The quantitative estimate of drug-likeness (QED) is 0.689. The van der Waals surface area contributed by atoms with E-state index in [1.54, 1.807) is 0 Å². The van der Waals surface area contributed by atoms with Crippen molar-refractivity contribution in [3.05, 3.63) is 29.8 Å². The van der Waals surface area contributed by atoms with E-state index in [2.05, 4.69) is 15.4 Å². The molecule has 3 amide bonds. The topological polar surface area (TPSA) is 93.7 Å². The summed E-state index contributed by atoms with van der Waals surface area (Å²) in [6, 6.07) is 4.95. The van der Waals surface area contributed by atoms with Crippen LogP contribution in [0, 0.1) is 0 Å². The molecule has 7 nitrogen and oxygen atoms in total. The largest absolute Gasteiger partial charge is 0.452 e. The third-order valence-corrected chi connectivity index (χ3v) is 4.35. The van der Waals surface area contributed by atoms with Crippen LogP contribution in [-0.4, -0.2) is 36.7 Å². The van der Waals surface area contributed by atoms with E-state index in [0.717, 1.165) is 32.1 Å². The molecule has 0 radical (unpaired) electrons. The van der Waals surface area contributed by atoms with E-state index in [1.165, 1.54) is 31.2 Å². The van der Waals surface area contributed by atoms with Gasteiger partial charge in [-0.1, -0.05) is 31.4 Å². The fraction of sp³-hybridized carbons (Fsp3) is 0.526. The first-order valence-corrected chi connectivity index (χ1v) is 9.18. The summed E-state index contributed by atoms with van der Waals surface area (Å²) >= 11 is 0. The Labute approximate surface area is 161 Å². The van der Waals surface area contributed by atoms with Gasteiger partial charge in [0, 0.05) is 6.04 Å². The molecule has 0 saturated heterocycles. The number of imide groups is 1. The van der Waals surface area contributed by atoms with E-state index in [9.17, 15) is 23.2 Å². The van der Waals surface area contributed by atoms with Crippen LogP contribution >= 0.6 is 0 Å². The molecule has 0 aromatic heterocycles. The number of halogens is 2. The van der Waals surface area contributed by atoms with E-state index < -0.39 is 30.6 Å². The lowest BCUT2D eigenvalue weighted by atomic mass is 9.96. The first kappa shape index (κ1) is 21.6. The third kappa shape index (κ3) is 7.50. The number of benzene rings is 1. The SMILES string of the molecule is CC(OC(=O)Cc1ccc(OC(F)F)cc1)C(=O)NC(=O)NC1CCCCC1. The minimum absolute atomic E-state index is 0.0242. The fourth-order valence-corrected chi connectivity index (χ4v) is 2.93. The van der Waals surface area contributed by atoms with E-state index in [1.807, 2.05) is 0 Å². The van der Waals surface area contributed by atoms with Crippen LogP contribution in [0.2, 0.25) is 0 Å². The molecular formula is C19H24F2N2O5. The van der Waals surface area contributed by atoms with Crippen molar-refractivity contribution >= 4 is 17.9 Å². The maximum Gasteiger partial charge on any atom is 0.387 e. The standard InChI is InChI=1S/C19H24F2N2O5/c1-12(17(25)23-19(26)22-14-5-3-2-4-6-14)27-16(24)11-13-7-9-15(10-8-13)28-18(20)21/h7-10,12,14,18H,2-6,11H2,1H3,(H2,22,23,25,26). The molecular weight excluding hydrogens is 374 g/mol. The highest BCUT2D eigenvalue weighted by Crippen LogP contribution is 2.17. The summed E-state index contributed by atoms with van der Waals surface area (Å²) in [6.07, 6.45) is 3.70. The summed E-state index contributed by atoms with van der Waals surface area (Å²) in [5, 5.41) is 4.91. The van der Waals surface area contributed by atoms with Crippen LogP contribution in [-0.2, 0) is 20.7 Å². The second-order valence-electron chi connectivity index (χ2n) is 6.63. The van der Waals surface area contributed by atoms with Crippen LogP contribution in [0.25, 0.3) is 0 Å². The molecule has 1 aliphatic rings. The number of urea groups is 1. The molecule has 1 aliphatic carbocycles. The number of carbonyl (C=O) groups excluding carboxylic acids is 3. The zero-order valence-corrected chi connectivity index (χ0v) is 15.6. The zero-order valence-electron chi connectivity index (χ0n) is 15.6. The molecule has 1 unspecified atom stereocenters. The fourth-order valence-electron chi connectivity index (χ4n) is 2.93. The van der Waals surface area contributed by atoms with Crippen LogP contribution in [0.15, 0.2) is 24.3 Å². The van der Waals surface area contributed by atoms with Crippen LogP contribution in [0.1, 0.15) is 44.6 Å². The zero-order chi connectivity index (χ0) is 20.5. The monoisotopic (exact) mass is 398 g/mol. The Hall–Kier alpha value is -2.71. The van der Waals surface area contributed by atoms with Crippen molar-refractivity contribution in [3.8, 4) is 5.75 Å². The van der Waals surface area contributed by atoms with Crippen molar-refractivity contribution in [2.24, 2.45) is 0 Å². The number of carbonyl (C=O) groups is 3. The average molecular weight is 398 g/mol. The van der Waals surface area contributed by atoms with Crippen molar-refractivity contribution < 1.29 is 32.6 Å². The van der Waals surface area contributed by atoms with Crippen LogP contribution < -0.4 is 15.4 Å². The molecule has 1 fully saturated rings. The summed E-state index contributed by atoms with van der Waals surface area (Å²) in [4.78, 5) is 35.8. The summed E-state index contributed by atoms with van der Waals surface area (Å²) in [5.41, 5.74) is 0.509. The van der Waals surface area contributed by atoms with Gasteiger partial charge in [0.25, 0.3) is 5.91 Å². The first-order valence-electron chi connectivity index (χ1n) is 9.18. The predicted molar refractivity (Wildman–Crippen MR) is 95.9 cm³/mol. The van der Waals surface area contributed by atoms with E-state index in [4.69, 9.17) is 4.74 Å². The van der Waals surface area contributed by atoms with E-state index in [-0.39, 0.29) is 18.2 Å². The second kappa shape index (κ2) is 10.6. The highest BCUT2D eigenvalue weighted by molar-refractivity contribution is 5.97. The van der Waals surface area contributed by atoms with Gasteiger partial charge in [0.1, 0.15) is 5.75 Å². The van der Waals surface area contributed by atoms with Gasteiger partial charge in [-0.2, -0.15) is 8.78 Å².